The molecule has 0 aromatic carbocycles. The largest absolute Gasteiger partial charge is 0.379 e. The summed E-state index contributed by atoms with van der Waals surface area (Å²) in [6, 6.07) is 0. The third-order valence-corrected chi connectivity index (χ3v) is 0.695. The zero-order chi connectivity index (χ0) is 6.78. The van der Waals surface area contributed by atoms with Crippen LogP contribution in [0.5, 0.6) is 0 Å². The molecule has 0 amide bonds. The van der Waals surface area contributed by atoms with Crippen molar-refractivity contribution < 1.29 is 9.50 Å². The second-order valence-corrected chi connectivity index (χ2v) is 2.49. The first kappa shape index (κ1) is 7.85. The van der Waals surface area contributed by atoms with Gasteiger partial charge in [-0.2, -0.15) is 0 Å². The Morgan fingerprint density at radius 2 is 2.12 bits per heavy atom. The van der Waals surface area contributed by atoms with E-state index >= 15 is 0 Å². The maximum Gasteiger partial charge on any atom is 0.109 e. The van der Waals surface area contributed by atoms with Gasteiger partial charge < -0.3 is 10.8 Å². The molecule has 0 bridgehead atoms. The fraction of sp³-hybridized carbons (Fsp3) is 1.00. The Bertz CT molecular complexity index is 67.3. The summed E-state index contributed by atoms with van der Waals surface area (Å²) >= 11 is 0. The zero-order valence-corrected chi connectivity index (χ0v) is 5.19. The van der Waals surface area contributed by atoms with Crippen molar-refractivity contribution in [2.24, 2.45) is 5.73 Å². The molecule has 1 unspecified atom stereocenters. The van der Waals surface area contributed by atoms with Crippen LogP contribution in [0.1, 0.15) is 20.3 Å². The highest BCUT2D eigenvalue weighted by atomic mass is 19.1. The molecule has 50 valence electrons. The van der Waals surface area contributed by atoms with Crippen molar-refractivity contribution in [3.63, 3.8) is 0 Å². The molecule has 2 nitrogen and oxygen atoms in total. The van der Waals surface area contributed by atoms with E-state index in [0.717, 1.165) is 0 Å². The van der Waals surface area contributed by atoms with Gasteiger partial charge in [-0.3, -0.25) is 0 Å². The van der Waals surface area contributed by atoms with Crippen LogP contribution in [0.4, 0.5) is 4.39 Å². The summed E-state index contributed by atoms with van der Waals surface area (Å²) in [6.45, 7) is 2.76. The summed E-state index contributed by atoms with van der Waals surface area (Å²) in [7, 11) is 0. The number of nitrogens with two attached hydrogens (primary N) is 1. The molecule has 0 aliphatic rings. The summed E-state index contributed by atoms with van der Waals surface area (Å²) in [5, 5.41) is 8.43. The Labute approximate surface area is 48.5 Å². The van der Waals surface area contributed by atoms with Crippen LogP contribution in [0.2, 0.25) is 0 Å². The molecule has 0 aliphatic carbocycles. The average molecular weight is 121 g/mol. The Morgan fingerprint density at radius 3 is 2.12 bits per heavy atom. The molecule has 0 aromatic heterocycles. The van der Waals surface area contributed by atoms with Gasteiger partial charge >= 0.3 is 0 Å². The van der Waals surface area contributed by atoms with E-state index in [9.17, 15) is 4.39 Å². The van der Waals surface area contributed by atoms with E-state index in [-0.39, 0.29) is 6.42 Å². The number of halogens is 1. The Kier molecular flexibility index (Phi) is 2.37. The molecule has 3 heteroatoms. The van der Waals surface area contributed by atoms with Crippen LogP contribution < -0.4 is 5.73 Å². The summed E-state index contributed by atoms with van der Waals surface area (Å²) in [5.74, 6) is 0. The first-order valence-electron chi connectivity index (χ1n) is 2.54. The van der Waals surface area contributed by atoms with Crippen LogP contribution in [0.25, 0.3) is 0 Å². The molecule has 0 saturated heterocycles. The number of hydrogen-bond acceptors (Lipinski definition) is 2. The standard InChI is InChI=1S/C5H12FNO/c1-5(2,6)3-4(7)8/h4,8H,3,7H2,1-2H3. The lowest BCUT2D eigenvalue weighted by molar-refractivity contribution is 0.0901. The van der Waals surface area contributed by atoms with Crippen LogP contribution in [0.15, 0.2) is 0 Å². The molecule has 8 heavy (non-hydrogen) atoms. The minimum atomic E-state index is -1.35. The van der Waals surface area contributed by atoms with Crippen molar-refractivity contribution in [3.05, 3.63) is 0 Å². The zero-order valence-electron chi connectivity index (χ0n) is 5.19. The van der Waals surface area contributed by atoms with Crippen LogP contribution >= 0.6 is 0 Å². The van der Waals surface area contributed by atoms with Gasteiger partial charge in [0, 0.05) is 6.42 Å². The monoisotopic (exact) mass is 121 g/mol. The lowest BCUT2D eigenvalue weighted by Crippen LogP contribution is -2.28. The first-order valence-corrected chi connectivity index (χ1v) is 2.54. The highest BCUT2D eigenvalue weighted by molar-refractivity contribution is 4.67. The highest BCUT2D eigenvalue weighted by Gasteiger charge is 2.17. The van der Waals surface area contributed by atoms with E-state index < -0.39 is 11.9 Å². The van der Waals surface area contributed by atoms with Crippen molar-refractivity contribution in [1.29, 1.82) is 0 Å². The van der Waals surface area contributed by atoms with Gasteiger partial charge in [-0.15, -0.1) is 0 Å². The van der Waals surface area contributed by atoms with E-state index in [4.69, 9.17) is 10.8 Å². The average Bonchev–Trinajstić information content (AvgIpc) is 1.21. The lowest BCUT2D eigenvalue weighted by Gasteiger charge is -2.14. The molecular formula is C5H12FNO. The van der Waals surface area contributed by atoms with E-state index in [2.05, 4.69) is 0 Å². The molecule has 0 rings (SSSR count). The smallest absolute Gasteiger partial charge is 0.109 e. The predicted molar refractivity (Wildman–Crippen MR) is 30.0 cm³/mol. The Morgan fingerprint density at radius 1 is 1.75 bits per heavy atom. The minimum absolute atomic E-state index is 0.00694. The topological polar surface area (TPSA) is 46.2 Å². The van der Waals surface area contributed by atoms with Crippen LogP contribution in [0.3, 0.4) is 0 Å². The maximum atomic E-state index is 12.4. The Hall–Kier alpha value is -0.150. The third-order valence-electron chi connectivity index (χ3n) is 0.695. The molecule has 0 aliphatic heterocycles. The number of aliphatic hydroxyl groups excluding tert-OH is 1. The summed E-state index contributed by atoms with van der Waals surface area (Å²) in [4.78, 5) is 0. The van der Waals surface area contributed by atoms with Gasteiger partial charge in [0.15, 0.2) is 0 Å². The van der Waals surface area contributed by atoms with Gasteiger partial charge in [-0.1, -0.05) is 0 Å². The van der Waals surface area contributed by atoms with Crippen molar-refractivity contribution in [3.8, 4) is 0 Å². The minimum Gasteiger partial charge on any atom is -0.379 e. The van der Waals surface area contributed by atoms with Crippen LogP contribution in [0, 0.1) is 0 Å². The molecule has 0 heterocycles. The SMILES string of the molecule is CC(C)(F)CC(N)O. The Balaban J connectivity index is 3.39. The number of aliphatic hydroxyl groups is 1. The van der Waals surface area contributed by atoms with Crippen molar-refractivity contribution >= 4 is 0 Å². The molecular weight excluding hydrogens is 109 g/mol. The number of alkyl halides is 1. The van der Waals surface area contributed by atoms with Crippen molar-refractivity contribution in [1.82, 2.24) is 0 Å². The normalized spacial score (nSPS) is 16.1. The summed E-state index contributed by atoms with van der Waals surface area (Å²) in [5.41, 5.74) is 3.54. The summed E-state index contributed by atoms with van der Waals surface area (Å²) < 4.78 is 12.4. The first-order chi connectivity index (χ1) is 3.42. The van der Waals surface area contributed by atoms with Crippen LogP contribution in [-0.2, 0) is 0 Å². The second-order valence-electron chi connectivity index (χ2n) is 2.49. The van der Waals surface area contributed by atoms with Gasteiger partial charge in [-0.05, 0) is 13.8 Å². The van der Waals surface area contributed by atoms with Gasteiger partial charge in [0.2, 0.25) is 0 Å². The maximum absolute atomic E-state index is 12.4. The van der Waals surface area contributed by atoms with Crippen molar-refractivity contribution in [2.75, 3.05) is 0 Å². The molecule has 0 spiro atoms. The molecule has 1 atom stereocenters. The van der Waals surface area contributed by atoms with E-state index in [0.29, 0.717) is 0 Å². The number of hydrogen-bond donors (Lipinski definition) is 2. The molecule has 0 fully saturated rings. The fourth-order valence-electron chi connectivity index (χ4n) is 0.497. The quantitative estimate of drug-likeness (QED) is 0.519. The van der Waals surface area contributed by atoms with E-state index in [1.165, 1.54) is 13.8 Å². The summed E-state index contributed by atoms with van der Waals surface area (Å²) in [6.07, 6.45) is -1.04. The number of rotatable bonds is 2. The molecule has 3 N–H and O–H groups in total. The fourth-order valence-corrected chi connectivity index (χ4v) is 0.497. The molecule has 0 radical (unpaired) electrons. The van der Waals surface area contributed by atoms with Gasteiger partial charge in [0.25, 0.3) is 0 Å². The van der Waals surface area contributed by atoms with Crippen molar-refractivity contribution in [2.45, 2.75) is 32.2 Å². The third kappa shape index (κ3) is 5.85. The lowest BCUT2D eigenvalue weighted by atomic mass is 10.1. The highest BCUT2D eigenvalue weighted by Crippen LogP contribution is 2.13. The van der Waals surface area contributed by atoms with E-state index in [1.54, 1.807) is 0 Å². The molecule has 0 aromatic rings. The van der Waals surface area contributed by atoms with E-state index in [1.807, 2.05) is 0 Å². The van der Waals surface area contributed by atoms with Gasteiger partial charge in [0.1, 0.15) is 11.9 Å². The van der Waals surface area contributed by atoms with Crippen LogP contribution in [-0.4, -0.2) is 17.0 Å². The molecule has 0 saturated carbocycles. The predicted octanol–water partition coefficient (Wildman–Crippen LogP) is 0.402. The van der Waals surface area contributed by atoms with Gasteiger partial charge in [0.05, 0.1) is 0 Å². The van der Waals surface area contributed by atoms with Gasteiger partial charge in [-0.25, -0.2) is 4.39 Å². The second kappa shape index (κ2) is 2.42.